The summed E-state index contributed by atoms with van der Waals surface area (Å²) in [4.78, 5) is 35.4. The van der Waals surface area contributed by atoms with Crippen LogP contribution in [0.4, 0.5) is 0 Å². The van der Waals surface area contributed by atoms with E-state index in [1.807, 2.05) is 21.1 Å². The molecule has 9 nitrogen and oxygen atoms in total. The Kier molecular flexibility index (Phi) is 38.3. The minimum atomic E-state index is -4.37. The summed E-state index contributed by atoms with van der Waals surface area (Å²) in [6.07, 6.45) is 41.1. The highest BCUT2D eigenvalue weighted by Gasteiger charge is 2.27. The van der Waals surface area contributed by atoms with Gasteiger partial charge in [0.05, 0.1) is 27.7 Å². The number of ether oxygens (including phenoxy) is 2. The van der Waals surface area contributed by atoms with Crippen molar-refractivity contribution in [2.45, 2.75) is 225 Å². The van der Waals surface area contributed by atoms with Crippen molar-refractivity contribution in [3.8, 4) is 0 Å². The average Bonchev–Trinajstić information content (AvgIpc) is 3.15. The van der Waals surface area contributed by atoms with E-state index in [2.05, 4.69) is 26.0 Å². The highest BCUT2D eigenvalue weighted by atomic mass is 31.2. The van der Waals surface area contributed by atoms with Crippen LogP contribution in [0.5, 0.6) is 0 Å². The Balaban J connectivity index is 4.29. The van der Waals surface area contributed by atoms with Gasteiger partial charge in [0.1, 0.15) is 19.8 Å². The van der Waals surface area contributed by atoms with Crippen LogP contribution in [0.25, 0.3) is 0 Å². The minimum absolute atomic E-state index is 0.0333. The van der Waals surface area contributed by atoms with Gasteiger partial charge in [-0.25, -0.2) is 4.57 Å². The van der Waals surface area contributed by atoms with Crippen LogP contribution in [-0.2, 0) is 32.7 Å². The van der Waals surface area contributed by atoms with E-state index in [9.17, 15) is 19.0 Å². The molecule has 1 unspecified atom stereocenters. The van der Waals surface area contributed by atoms with Gasteiger partial charge in [-0.2, -0.15) is 0 Å². The first-order valence-electron chi connectivity index (χ1n) is 23.4. The van der Waals surface area contributed by atoms with Crippen molar-refractivity contribution in [3.63, 3.8) is 0 Å². The summed E-state index contributed by atoms with van der Waals surface area (Å²) >= 11 is 0. The molecule has 0 aromatic carbocycles. The van der Waals surface area contributed by atoms with Crippen LogP contribution in [0, 0.1) is 0 Å². The van der Waals surface area contributed by atoms with E-state index in [-0.39, 0.29) is 25.6 Å². The fourth-order valence-corrected chi connectivity index (χ4v) is 7.34. The van der Waals surface area contributed by atoms with Gasteiger partial charge in [0.25, 0.3) is 0 Å². The van der Waals surface area contributed by atoms with Gasteiger partial charge in [-0.3, -0.25) is 18.6 Å². The molecule has 56 heavy (non-hydrogen) atoms. The number of hydrogen-bond donors (Lipinski definition) is 1. The summed E-state index contributed by atoms with van der Waals surface area (Å²) in [6, 6.07) is 0. The molecule has 332 valence electrons. The number of hydrogen-bond acceptors (Lipinski definition) is 7. The second kappa shape index (κ2) is 39.2. The molecule has 0 spiro atoms. The van der Waals surface area contributed by atoms with Crippen LogP contribution in [0.3, 0.4) is 0 Å². The third kappa shape index (κ3) is 42.4. The number of nitrogens with zero attached hydrogens (tertiary/aromatic N) is 1. The molecule has 0 aliphatic rings. The Morgan fingerprint density at radius 1 is 0.536 bits per heavy atom. The first-order valence-corrected chi connectivity index (χ1v) is 24.9. The van der Waals surface area contributed by atoms with Gasteiger partial charge in [0.15, 0.2) is 6.10 Å². The molecule has 0 aromatic rings. The van der Waals surface area contributed by atoms with Gasteiger partial charge >= 0.3 is 19.8 Å². The Morgan fingerprint density at radius 2 is 0.911 bits per heavy atom. The van der Waals surface area contributed by atoms with Gasteiger partial charge < -0.3 is 18.9 Å². The lowest BCUT2D eigenvalue weighted by Crippen LogP contribution is -2.37. The SMILES string of the molecule is CCCCCCCC/C=C\CCCCCCCC(=O)O[C@H](COC(=O)CCCCCCCCCCCCCCCCCCC)COP(=O)(O)OCC[N+](C)(C)C. The molecule has 0 radical (unpaired) electrons. The van der Waals surface area contributed by atoms with Crippen LogP contribution < -0.4 is 0 Å². The van der Waals surface area contributed by atoms with E-state index in [1.165, 1.54) is 135 Å². The summed E-state index contributed by atoms with van der Waals surface area (Å²) in [6.45, 7) is 4.44. The summed E-state index contributed by atoms with van der Waals surface area (Å²) < 4.78 is 34.4. The molecule has 0 rings (SSSR count). The lowest BCUT2D eigenvalue weighted by atomic mass is 10.0. The van der Waals surface area contributed by atoms with Crippen molar-refractivity contribution in [1.29, 1.82) is 0 Å². The van der Waals surface area contributed by atoms with Crippen molar-refractivity contribution >= 4 is 19.8 Å². The average molecular weight is 817 g/mol. The Labute approximate surface area is 346 Å². The molecule has 0 aliphatic carbocycles. The molecule has 0 bridgehead atoms. The first-order chi connectivity index (χ1) is 27.0. The summed E-state index contributed by atoms with van der Waals surface area (Å²) in [5.41, 5.74) is 0. The number of quaternary nitrogens is 1. The monoisotopic (exact) mass is 817 g/mol. The predicted molar refractivity (Wildman–Crippen MR) is 234 cm³/mol. The van der Waals surface area contributed by atoms with Crippen molar-refractivity contribution in [3.05, 3.63) is 12.2 Å². The number of rotatable bonds is 43. The van der Waals surface area contributed by atoms with Crippen LogP contribution >= 0.6 is 7.82 Å². The lowest BCUT2D eigenvalue weighted by Gasteiger charge is -2.24. The fraction of sp³-hybridized carbons (Fsp3) is 0.913. The molecule has 0 saturated carbocycles. The molecular formula is C46H91NO8P+. The Bertz CT molecular complexity index is 969. The maximum atomic E-state index is 12.7. The molecule has 1 N–H and O–H groups in total. The number of unbranched alkanes of at least 4 members (excludes halogenated alkanes) is 27. The van der Waals surface area contributed by atoms with E-state index in [1.54, 1.807) is 0 Å². The standard InChI is InChI=1S/C46H90NO8P/c1-6-8-10-12-14-16-18-20-22-23-25-26-28-30-32-34-36-38-45(48)52-42-44(43-54-56(50,51)53-41-40-47(3,4)5)55-46(49)39-37-35-33-31-29-27-24-21-19-17-15-13-11-9-7-2/h21,24,44H,6-20,22-23,25-43H2,1-5H3/p+1/b24-21-/t44-/m1/s1. The Morgan fingerprint density at radius 3 is 1.32 bits per heavy atom. The van der Waals surface area contributed by atoms with Crippen molar-refractivity contribution in [2.24, 2.45) is 0 Å². The molecule has 0 heterocycles. The highest BCUT2D eigenvalue weighted by Crippen LogP contribution is 2.43. The van der Waals surface area contributed by atoms with E-state index >= 15 is 0 Å². The van der Waals surface area contributed by atoms with Crippen LogP contribution in [0.2, 0.25) is 0 Å². The molecule has 2 atom stereocenters. The second-order valence-electron chi connectivity index (χ2n) is 17.1. The zero-order valence-corrected chi connectivity index (χ0v) is 38.3. The maximum Gasteiger partial charge on any atom is 0.472 e. The normalized spacial score (nSPS) is 13.6. The molecular weight excluding hydrogens is 725 g/mol. The predicted octanol–water partition coefficient (Wildman–Crippen LogP) is 13.4. The molecule has 0 fully saturated rings. The number of carbonyl (C=O) groups is 2. The topological polar surface area (TPSA) is 108 Å². The second-order valence-corrected chi connectivity index (χ2v) is 18.6. The number of phosphoric acid groups is 1. The van der Waals surface area contributed by atoms with E-state index in [0.29, 0.717) is 23.9 Å². The summed E-state index contributed by atoms with van der Waals surface area (Å²) in [7, 11) is 1.48. The smallest absolute Gasteiger partial charge is 0.462 e. The fourth-order valence-electron chi connectivity index (χ4n) is 6.60. The van der Waals surface area contributed by atoms with Crippen molar-refractivity contribution in [2.75, 3.05) is 47.5 Å². The zero-order valence-electron chi connectivity index (χ0n) is 37.4. The number of allylic oxidation sites excluding steroid dienone is 2. The number of phosphoric ester groups is 1. The molecule has 10 heteroatoms. The molecule has 0 saturated heterocycles. The number of carbonyl (C=O) groups excluding carboxylic acids is 2. The van der Waals surface area contributed by atoms with E-state index < -0.39 is 26.5 Å². The molecule has 0 amide bonds. The maximum absolute atomic E-state index is 12.7. The van der Waals surface area contributed by atoms with Crippen molar-refractivity contribution in [1.82, 2.24) is 0 Å². The molecule has 0 aliphatic heterocycles. The lowest BCUT2D eigenvalue weighted by molar-refractivity contribution is -0.870. The van der Waals surface area contributed by atoms with Gasteiger partial charge in [0, 0.05) is 12.8 Å². The van der Waals surface area contributed by atoms with Crippen molar-refractivity contribution < 1.29 is 42.1 Å². The largest absolute Gasteiger partial charge is 0.472 e. The van der Waals surface area contributed by atoms with Crippen LogP contribution in [0.15, 0.2) is 12.2 Å². The van der Waals surface area contributed by atoms with Gasteiger partial charge in [0.2, 0.25) is 0 Å². The molecule has 0 aromatic heterocycles. The van der Waals surface area contributed by atoms with Crippen LogP contribution in [0.1, 0.15) is 219 Å². The van der Waals surface area contributed by atoms with E-state index in [0.717, 1.165) is 51.4 Å². The van der Waals surface area contributed by atoms with Crippen LogP contribution in [-0.4, -0.2) is 74.9 Å². The van der Waals surface area contributed by atoms with Gasteiger partial charge in [-0.15, -0.1) is 0 Å². The van der Waals surface area contributed by atoms with E-state index in [4.69, 9.17) is 18.5 Å². The zero-order chi connectivity index (χ0) is 41.4. The quantitative estimate of drug-likeness (QED) is 0.0213. The number of esters is 2. The minimum Gasteiger partial charge on any atom is -0.462 e. The highest BCUT2D eigenvalue weighted by molar-refractivity contribution is 7.47. The summed E-state index contributed by atoms with van der Waals surface area (Å²) in [5, 5.41) is 0. The number of likely N-dealkylation sites (N-methyl/N-ethyl adjacent to an activating group) is 1. The third-order valence-corrected chi connectivity index (χ3v) is 11.3. The Hall–Kier alpha value is -1.25. The summed E-state index contributed by atoms with van der Waals surface area (Å²) in [5.74, 6) is -0.796. The third-order valence-electron chi connectivity index (χ3n) is 10.3. The van der Waals surface area contributed by atoms with Gasteiger partial charge in [-0.1, -0.05) is 180 Å². The van der Waals surface area contributed by atoms with Gasteiger partial charge in [-0.05, 0) is 38.5 Å². The first kappa shape index (κ1) is 54.8.